The monoisotopic (exact) mass is 402 g/mol. The van der Waals surface area contributed by atoms with Gasteiger partial charge in [-0.25, -0.2) is 0 Å². The van der Waals surface area contributed by atoms with Gasteiger partial charge in [-0.05, 0) is 84.6 Å². The van der Waals surface area contributed by atoms with Crippen LogP contribution in [0, 0.1) is 0 Å². The normalized spacial score (nSPS) is 17.2. The summed E-state index contributed by atoms with van der Waals surface area (Å²) in [6.07, 6.45) is 3.79. The van der Waals surface area contributed by atoms with E-state index in [9.17, 15) is 4.79 Å². The quantitative estimate of drug-likeness (QED) is 0.774. The van der Waals surface area contributed by atoms with Crippen LogP contribution in [0.25, 0.3) is 0 Å². The lowest BCUT2D eigenvalue weighted by Gasteiger charge is -2.35. The van der Waals surface area contributed by atoms with Gasteiger partial charge in [-0.15, -0.1) is 0 Å². The maximum absolute atomic E-state index is 12.4. The van der Waals surface area contributed by atoms with Crippen LogP contribution in [0.5, 0.6) is 5.75 Å². The zero-order chi connectivity index (χ0) is 17.8. The van der Waals surface area contributed by atoms with E-state index in [1.54, 1.807) is 25.3 Å². The van der Waals surface area contributed by atoms with E-state index >= 15 is 0 Å². The highest BCUT2D eigenvalue weighted by atomic mass is 79.9. The van der Waals surface area contributed by atoms with E-state index in [4.69, 9.17) is 4.74 Å². The lowest BCUT2D eigenvalue weighted by molar-refractivity contribution is 0.102. The van der Waals surface area contributed by atoms with Crippen LogP contribution in [0.3, 0.4) is 0 Å². The molecule has 0 aromatic heterocycles. The highest BCUT2D eigenvalue weighted by Gasteiger charge is 2.18. The number of hydrogen-bond acceptors (Lipinski definition) is 3. The Morgan fingerprint density at radius 2 is 1.96 bits per heavy atom. The Balaban J connectivity index is 1.68. The summed E-state index contributed by atoms with van der Waals surface area (Å²) in [4.78, 5) is 14.9. The molecule has 1 atom stereocenters. The molecular formula is C20H23BrN2O2. The zero-order valence-electron chi connectivity index (χ0n) is 14.6. The molecule has 0 unspecified atom stereocenters. The zero-order valence-corrected chi connectivity index (χ0v) is 16.2. The van der Waals surface area contributed by atoms with Crippen molar-refractivity contribution < 1.29 is 9.53 Å². The predicted molar refractivity (Wildman–Crippen MR) is 106 cm³/mol. The topological polar surface area (TPSA) is 41.6 Å². The SMILES string of the molecule is COc1ccc(C(=O)Nc2ccc(N3CCCC[C@H]3C)cc2)cc1Br. The summed E-state index contributed by atoms with van der Waals surface area (Å²) in [5.74, 6) is 0.569. The van der Waals surface area contributed by atoms with Gasteiger partial charge in [-0.3, -0.25) is 4.79 Å². The van der Waals surface area contributed by atoms with Gasteiger partial charge in [0.25, 0.3) is 5.91 Å². The van der Waals surface area contributed by atoms with E-state index < -0.39 is 0 Å². The number of carbonyl (C=O) groups is 1. The van der Waals surface area contributed by atoms with Crippen LogP contribution in [-0.2, 0) is 0 Å². The Kier molecular flexibility index (Phi) is 5.63. The molecule has 1 N–H and O–H groups in total. The van der Waals surface area contributed by atoms with E-state index in [0.717, 1.165) is 16.7 Å². The fourth-order valence-corrected chi connectivity index (χ4v) is 3.77. The van der Waals surface area contributed by atoms with Crippen LogP contribution in [0.2, 0.25) is 0 Å². The van der Waals surface area contributed by atoms with Gasteiger partial charge in [0.1, 0.15) is 5.75 Å². The van der Waals surface area contributed by atoms with Crippen molar-refractivity contribution in [2.45, 2.75) is 32.2 Å². The molecule has 0 saturated carbocycles. The van der Waals surface area contributed by atoms with Gasteiger partial charge < -0.3 is 15.0 Å². The van der Waals surface area contributed by atoms with E-state index in [1.165, 1.54) is 24.9 Å². The molecule has 4 nitrogen and oxygen atoms in total. The first-order valence-corrected chi connectivity index (χ1v) is 9.39. The Bertz CT molecular complexity index is 746. The number of ether oxygens (including phenoxy) is 1. The summed E-state index contributed by atoms with van der Waals surface area (Å²) < 4.78 is 5.96. The number of carbonyl (C=O) groups excluding carboxylic acids is 1. The molecule has 3 rings (SSSR count). The maximum atomic E-state index is 12.4. The van der Waals surface area contributed by atoms with Crippen molar-refractivity contribution in [3.05, 3.63) is 52.5 Å². The molecule has 2 aromatic carbocycles. The van der Waals surface area contributed by atoms with Crippen LogP contribution in [0.1, 0.15) is 36.5 Å². The lowest BCUT2D eigenvalue weighted by atomic mass is 10.0. The lowest BCUT2D eigenvalue weighted by Crippen LogP contribution is -2.37. The minimum absolute atomic E-state index is 0.137. The predicted octanol–water partition coefficient (Wildman–Crippen LogP) is 5.09. The Morgan fingerprint density at radius 3 is 2.60 bits per heavy atom. The molecule has 0 bridgehead atoms. The molecule has 132 valence electrons. The van der Waals surface area contributed by atoms with Gasteiger partial charge >= 0.3 is 0 Å². The van der Waals surface area contributed by atoms with E-state index in [-0.39, 0.29) is 5.91 Å². The van der Waals surface area contributed by atoms with Crippen LogP contribution in [-0.4, -0.2) is 25.6 Å². The smallest absolute Gasteiger partial charge is 0.255 e. The number of hydrogen-bond donors (Lipinski definition) is 1. The van der Waals surface area contributed by atoms with Crippen LogP contribution < -0.4 is 15.0 Å². The highest BCUT2D eigenvalue weighted by Crippen LogP contribution is 2.27. The molecule has 5 heteroatoms. The van der Waals surface area contributed by atoms with Crippen LogP contribution in [0.4, 0.5) is 11.4 Å². The molecule has 2 aromatic rings. The standard InChI is InChI=1S/C20H23BrN2O2/c1-14-5-3-4-12-23(14)17-9-7-16(8-10-17)22-20(24)15-6-11-19(25-2)18(21)13-15/h6-11,13-14H,3-5,12H2,1-2H3,(H,22,24)/t14-/m1/s1. The first-order valence-electron chi connectivity index (χ1n) is 8.60. The molecule has 1 amide bonds. The number of methoxy groups -OCH3 is 1. The minimum atomic E-state index is -0.137. The van der Waals surface area contributed by atoms with Crippen molar-refractivity contribution in [1.29, 1.82) is 0 Å². The summed E-state index contributed by atoms with van der Waals surface area (Å²) in [6, 6.07) is 14.0. The van der Waals surface area contributed by atoms with Crippen molar-refractivity contribution in [3.63, 3.8) is 0 Å². The molecule has 0 radical (unpaired) electrons. The molecule has 1 fully saturated rings. The van der Waals surface area contributed by atoms with E-state index in [2.05, 4.69) is 45.2 Å². The Morgan fingerprint density at radius 1 is 1.20 bits per heavy atom. The number of rotatable bonds is 4. The molecular weight excluding hydrogens is 380 g/mol. The molecule has 25 heavy (non-hydrogen) atoms. The van der Waals surface area contributed by atoms with Gasteiger partial charge in [0, 0.05) is 29.5 Å². The Labute approximate surface area is 157 Å². The second kappa shape index (κ2) is 7.91. The second-order valence-electron chi connectivity index (χ2n) is 6.39. The Hall–Kier alpha value is -2.01. The average Bonchev–Trinajstić information content (AvgIpc) is 2.63. The molecule has 1 aliphatic heterocycles. The number of amides is 1. The third kappa shape index (κ3) is 4.15. The summed E-state index contributed by atoms with van der Waals surface area (Å²) in [5, 5.41) is 2.95. The van der Waals surface area contributed by atoms with Gasteiger partial charge in [0.2, 0.25) is 0 Å². The van der Waals surface area contributed by atoms with E-state index in [0.29, 0.717) is 17.4 Å². The molecule has 1 aliphatic rings. The number of nitrogens with one attached hydrogen (secondary N) is 1. The highest BCUT2D eigenvalue weighted by molar-refractivity contribution is 9.10. The fraction of sp³-hybridized carbons (Fsp3) is 0.350. The number of anilines is 2. The van der Waals surface area contributed by atoms with Gasteiger partial charge in [0.15, 0.2) is 0 Å². The maximum Gasteiger partial charge on any atom is 0.255 e. The van der Waals surface area contributed by atoms with Gasteiger partial charge in [-0.1, -0.05) is 0 Å². The van der Waals surface area contributed by atoms with Crippen LogP contribution >= 0.6 is 15.9 Å². The van der Waals surface area contributed by atoms with Crippen molar-refractivity contribution in [1.82, 2.24) is 0 Å². The van der Waals surface area contributed by atoms with Gasteiger partial charge in [-0.2, -0.15) is 0 Å². The van der Waals surface area contributed by atoms with Crippen molar-refractivity contribution in [3.8, 4) is 5.75 Å². The van der Waals surface area contributed by atoms with Gasteiger partial charge in [0.05, 0.1) is 11.6 Å². The second-order valence-corrected chi connectivity index (χ2v) is 7.24. The first-order chi connectivity index (χ1) is 12.1. The first kappa shape index (κ1) is 17.8. The molecule has 1 heterocycles. The summed E-state index contributed by atoms with van der Waals surface area (Å²) in [5.41, 5.74) is 2.60. The molecule has 1 saturated heterocycles. The third-order valence-electron chi connectivity index (χ3n) is 4.67. The molecule has 0 spiro atoms. The average molecular weight is 403 g/mol. The van der Waals surface area contributed by atoms with Crippen molar-refractivity contribution >= 4 is 33.2 Å². The number of halogens is 1. The summed E-state index contributed by atoms with van der Waals surface area (Å²) in [6.45, 7) is 3.38. The third-order valence-corrected chi connectivity index (χ3v) is 5.29. The molecule has 0 aliphatic carbocycles. The van der Waals surface area contributed by atoms with Crippen molar-refractivity contribution in [2.24, 2.45) is 0 Å². The summed E-state index contributed by atoms with van der Waals surface area (Å²) >= 11 is 3.41. The summed E-state index contributed by atoms with van der Waals surface area (Å²) in [7, 11) is 1.60. The van der Waals surface area contributed by atoms with Crippen molar-refractivity contribution in [2.75, 3.05) is 23.9 Å². The van der Waals surface area contributed by atoms with Crippen LogP contribution in [0.15, 0.2) is 46.9 Å². The van der Waals surface area contributed by atoms with E-state index in [1.807, 2.05) is 12.1 Å². The minimum Gasteiger partial charge on any atom is -0.496 e. The number of piperidine rings is 1. The fourth-order valence-electron chi connectivity index (χ4n) is 3.23. The largest absolute Gasteiger partial charge is 0.496 e. The number of nitrogens with zero attached hydrogens (tertiary/aromatic N) is 1. The number of benzene rings is 2.